The second-order valence-corrected chi connectivity index (χ2v) is 3.39. The molecule has 0 aliphatic carbocycles. The molecule has 0 heterocycles. The molecule has 0 aliphatic rings. The van der Waals surface area contributed by atoms with Crippen LogP contribution in [0.25, 0.3) is 0 Å². The number of amides is 1. The summed E-state index contributed by atoms with van der Waals surface area (Å²) in [7, 11) is 0. The van der Waals surface area contributed by atoms with E-state index < -0.39 is 24.4 Å². The molecule has 86 valence electrons. The van der Waals surface area contributed by atoms with Gasteiger partial charge in [0.25, 0.3) is 5.91 Å². The van der Waals surface area contributed by atoms with Crippen LogP contribution in [0.2, 0.25) is 0 Å². The van der Waals surface area contributed by atoms with Crippen molar-refractivity contribution in [3.63, 3.8) is 0 Å². The first kappa shape index (κ1) is 12.0. The fourth-order valence-electron chi connectivity index (χ4n) is 1.17. The van der Waals surface area contributed by atoms with Gasteiger partial charge in [0, 0.05) is 0 Å². The summed E-state index contributed by atoms with van der Waals surface area (Å²) in [5.74, 6) is -1.59. The number of carbonyl (C=O) groups is 2. The van der Waals surface area contributed by atoms with Crippen LogP contribution in [0.5, 0.6) is 5.75 Å². The predicted molar refractivity (Wildman–Crippen MR) is 56.7 cm³/mol. The molecule has 0 aliphatic heterocycles. The molecular weight excluding hydrogens is 210 g/mol. The van der Waals surface area contributed by atoms with E-state index in [-0.39, 0.29) is 5.75 Å². The highest BCUT2D eigenvalue weighted by atomic mass is 16.5. The normalized spacial score (nSPS) is 11.8. The van der Waals surface area contributed by atoms with E-state index in [0.717, 1.165) is 0 Å². The molecule has 3 N–H and O–H groups in total. The SMILES string of the molecule is CC(C(=O)OCC(N)=O)c1ccc(O)cc1. The van der Waals surface area contributed by atoms with Crippen LogP contribution in [-0.2, 0) is 14.3 Å². The van der Waals surface area contributed by atoms with Gasteiger partial charge in [-0.05, 0) is 24.6 Å². The number of phenolic OH excluding ortho intramolecular Hbond substituents is 1. The zero-order valence-electron chi connectivity index (χ0n) is 8.84. The van der Waals surface area contributed by atoms with Crippen LogP contribution in [0.3, 0.4) is 0 Å². The number of aromatic hydroxyl groups is 1. The van der Waals surface area contributed by atoms with E-state index in [2.05, 4.69) is 4.74 Å². The number of nitrogens with two attached hydrogens (primary N) is 1. The van der Waals surface area contributed by atoms with Crippen molar-refractivity contribution in [1.29, 1.82) is 0 Å². The van der Waals surface area contributed by atoms with Crippen LogP contribution < -0.4 is 5.73 Å². The maximum atomic E-state index is 11.4. The van der Waals surface area contributed by atoms with E-state index in [4.69, 9.17) is 10.8 Å². The molecule has 1 amide bonds. The minimum Gasteiger partial charge on any atom is -0.508 e. The van der Waals surface area contributed by atoms with Gasteiger partial charge < -0.3 is 15.6 Å². The van der Waals surface area contributed by atoms with E-state index in [1.165, 1.54) is 12.1 Å². The van der Waals surface area contributed by atoms with Crippen molar-refractivity contribution in [2.75, 3.05) is 6.61 Å². The van der Waals surface area contributed by atoms with Crippen LogP contribution in [0.4, 0.5) is 0 Å². The Bertz CT molecular complexity index is 385. The largest absolute Gasteiger partial charge is 0.508 e. The van der Waals surface area contributed by atoms with Crippen molar-refractivity contribution < 1.29 is 19.4 Å². The smallest absolute Gasteiger partial charge is 0.313 e. The van der Waals surface area contributed by atoms with E-state index in [9.17, 15) is 9.59 Å². The summed E-state index contributed by atoms with van der Waals surface area (Å²) in [6.07, 6.45) is 0. The number of hydrogen-bond acceptors (Lipinski definition) is 4. The molecule has 0 saturated carbocycles. The van der Waals surface area contributed by atoms with Crippen molar-refractivity contribution in [3.05, 3.63) is 29.8 Å². The third-order valence-electron chi connectivity index (χ3n) is 2.10. The van der Waals surface area contributed by atoms with E-state index in [0.29, 0.717) is 5.56 Å². The second-order valence-electron chi connectivity index (χ2n) is 3.39. The molecule has 0 spiro atoms. The fourth-order valence-corrected chi connectivity index (χ4v) is 1.17. The molecule has 0 fully saturated rings. The highest BCUT2D eigenvalue weighted by Gasteiger charge is 2.17. The van der Waals surface area contributed by atoms with Gasteiger partial charge in [0.2, 0.25) is 0 Å². The Kier molecular flexibility index (Phi) is 3.88. The number of esters is 1. The van der Waals surface area contributed by atoms with Gasteiger partial charge in [-0.3, -0.25) is 9.59 Å². The molecule has 1 aromatic carbocycles. The Morgan fingerprint density at radius 3 is 2.44 bits per heavy atom. The molecule has 5 heteroatoms. The summed E-state index contributed by atoms with van der Waals surface area (Å²) in [6.45, 7) is 1.23. The Hall–Kier alpha value is -2.04. The Morgan fingerprint density at radius 1 is 1.38 bits per heavy atom. The standard InChI is InChI=1S/C11H13NO4/c1-7(11(15)16-6-10(12)14)8-2-4-9(13)5-3-8/h2-5,7,13H,6H2,1H3,(H2,12,14). The average Bonchev–Trinajstić information content (AvgIpc) is 2.26. The van der Waals surface area contributed by atoms with Crippen molar-refractivity contribution >= 4 is 11.9 Å². The molecule has 1 atom stereocenters. The molecule has 1 aromatic rings. The number of carbonyl (C=O) groups excluding carboxylic acids is 2. The first-order valence-corrected chi connectivity index (χ1v) is 4.74. The highest BCUT2D eigenvalue weighted by Crippen LogP contribution is 2.19. The van der Waals surface area contributed by atoms with Crippen LogP contribution >= 0.6 is 0 Å². The molecule has 0 aromatic heterocycles. The molecule has 0 bridgehead atoms. The van der Waals surface area contributed by atoms with Crippen molar-refractivity contribution in [3.8, 4) is 5.75 Å². The number of primary amides is 1. The fraction of sp³-hybridized carbons (Fsp3) is 0.273. The predicted octanol–water partition coefficient (Wildman–Crippen LogP) is 0.524. The molecule has 5 nitrogen and oxygen atoms in total. The quantitative estimate of drug-likeness (QED) is 0.728. The molecule has 1 unspecified atom stereocenters. The Balaban J connectivity index is 2.63. The molecule has 1 rings (SSSR count). The Labute approximate surface area is 92.8 Å². The second kappa shape index (κ2) is 5.16. The van der Waals surface area contributed by atoms with Gasteiger partial charge in [0.15, 0.2) is 6.61 Å². The third-order valence-corrected chi connectivity index (χ3v) is 2.10. The number of benzene rings is 1. The number of rotatable bonds is 4. The third kappa shape index (κ3) is 3.27. The summed E-state index contributed by atoms with van der Waals surface area (Å²) in [5.41, 5.74) is 5.55. The lowest BCUT2D eigenvalue weighted by atomic mass is 10.0. The van der Waals surface area contributed by atoms with Crippen LogP contribution in [-0.4, -0.2) is 23.6 Å². The first-order chi connectivity index (χ1) is 7.50. The van der Waals surface area contributed by atoms with Gasteiger partial charge in [-0.1, -0.05) is 12.1 Å². The van der Waals surface area contributed by atoms with Gasteiger partial charge in [0.1, 0.15) is 5.75 Å². The monoisotopic (exact) mass is 223 g/mol. The zero-order valence-corrected chi connectivity index (χ0v) is 8.84. The number of ether oxygens (including phenoxy) is 1. The number of hydrogen-bond donors (Lipinski definition) is 2. The van der Waals surface area contributed by atoms with Gasteiger partial charge in [-0.15, -0.1) is 0 Å². The maximum Gasteiger partial charge on any atom is 0.313 e. The van der Waals surface area contributed by atoms with Gasteiger partial charge in [-0.25, -0.2) is 0 Å². The van der Waals surface area contributed by atoms with Gasteiger partial charge in [-0.2, -0.15) is 0 Å². The molecule has 0 radical (unpaired) electrons. The lowest BCUT2D eigenvalue weighted by molar-refractivity contribution is -0.148. The lowest BCUT2D eigenvalue weighted by Crippen LogP contribution is -2.23. The van der Waals surface area contributed by atoms with Crippen LogP contribution in [0.15, 0.2) is 24.3 Å². The highest BCUT2D eigenvalue weighted by molar-refractivity contribution is 5.82. The molecule has 16 heavy (non-hydrogen) atoms. The summed E-state index contributed by atoms with van der Waals surface area (Å²) in [5, 5.41) is 9.08. The zero-order chi connectivity index (χ0) is 12.1. The van der Waals surface area contributed by atoms with Crippen LogP contribution in [0.1, 0.15) is 18.4 Å². The number of phenols is 1. The van der Waals surface area contributed by atoms with Gasteiger partial charge in [0.05, 0.1) is 5.92 Å². The summed E-state index contributed by atoms with van der Waals surface area (Å²) in [4.78, 5) is 21.9. The lowest BCUT2D eigenvalue weighted by Gasteiger charge is -2.10. The summed E-state index contributed by atoms with van der Waals surface area (Å²) < 4.78 is 4.67. The topological polar surface area (TPSA) is 89.6 Å². The maximum absolute atomic E-state index is 11.4. The minimum absolute atomic E-state index is 0.126. The summed E-state index contributed by atoms with van der Waals surface area (Å²) in [6, 6.07) is 6.19. The van der Waals surface area contributed by atoms with E-state index in [1.807, 2.05) is 0 Å². The molecular formula is C11H13NO4. The minimum atomic E-state index is -0.689. The van der Waals surface area contributed by atoms with Gasteiger partial charge >= 0.3 is 5.97 Å². The Morgan fingerprint density at radius 2 is 1.94 bits per heavy atom. The van der Waals surface area contributed by atoms with Crippen molar-refractivity contribution in [2.45, 2.75) is 12.8 Å². The summed E-state index contributed by atoms with van der Waals surface area (Å²) >= 11 is 0. The first-order valence-electron chi connectivity index (χ1n) is 4.74. The van der Waals surface area contributed by atoms with E-state index in [1.54, 1.807) is 19.1 Å². The van der Waals surface area contributed by atoms with Crippen LogP contribution in [0, 0.1) is 0 Å². The average molecular weight is 223 g/mol. The van der Waals surface area contributed by atoms with Crippen molar-refractivity contribution in [1.82, 2.24) is 0 Å². The van der Waals surface area contributed by atoms with Crippen molar-refractivity contribution in [2.24, 2.45) is 5.73 Å². The van der Waals surface area contributed by atoms with E-state index >= 15 is 0 Å². The molecule has 0 saturated heterocycles.